The summed E-state index contributed by atoms with van der Waals surface area (Å²) in [6, 6.07) is 9.34. The standard InChI is InChI=1S/C18H18ClNO2S/c19-15-3-1-14(2-4-15)17(21)20-9-7-18(8-10-20)16-13(5-11-22-18)6-12-23-16/h1-4,6,12H,5,7-11H2. The fraction of sp³-hybridized carbons (Fsp3) is 0.389. The number of rotatable bonds is 1. The minimum absolute atomic E-state index is 0.0822. The van der Waals surface area contributed by atoms with Crippen LogP contribution in [-0.4, -0.2) is 30.5 Å². The SMILES string of the molecule is O=C(c1ccc(Cl)cc1)N1CCC2(CC1)OCCc1ccsc12. The molecule has 1 fully saturated rings. The second-order valence-electron chi connectivity index (χ2n) is 6.17. The number of fused-ring (bicyclic) bond motifs is 2. The van der Waals surface area contributed by atoms with E-state index < -0.39 is 0 Å². The molecule has 1 aromatic carbocycles. The summed E-state index contributed by atoms with van der Waals surface area (Å²) in [5, 5.41) is 2.81. The molecule has 3 heterocycles. The third kappa shape index (κ3) is 2.69. The first-order valence-electron chi connectivity index (χ1n) is 7.94. The number of halogens is 1. The Morgan fingerprint density at radius 1 is 1.17 bits per heavy atom. The van der Waals surface area contributed by atoms with Gasteiger partial charge in [0.05, 0.1) is 6.61 Å². The second-order valence-corrected chi connectivity index (χ2v) is 7.52. The minimum atomic E-state index is -0.168. The van der Waals surface area contributed by atoms with Gasteiger partial charge in [0.25, 0.3) is 5.91 Å². The van der Waals surface area contributed by atoms with Crippen LogP contribution in [0.25, 0.3) is 0 Å². The Kier molecular flexibility index (Phi) is 3.92. The van der Waals surface area contributed by atoms with Crippen molar-refractivity contribution in [3.8, 4) is 0 Å². The third-order valence-corrected chi connectivity index (χ3v) is 6.25. The molecule has 1 amide bonds. The molecule has 23 heavy (non-hydrogen) atoms. The Bertz CT molecular complexity index is 717. The molecule has 0 atom stereocenters. The Balaban J connectivity index is 1.50. The molecule has 1 spiro atoms. The lowest BCUT2D eigenvalue weighted by molar-refractivity contribution is -0.0906. The van der Waals surface area contributed by atoms with Gasteiger partial charge in [-0.15, -0.1) is 11.3 Å². The zero-order chi connectivity index (χ0) is 15.9. The number of piperidine rings is 1. The number of hydrogen-bond donors (Lipinski definition) is 0. The molecule has 0 saturated carbocycles. The molecular formula is C18H18ClNO2S. The molecule has 0 unspecified atom stereocenters. The average molecular weight is 348 g/mol. The van der Waals surface area contributed by atoms with Gasteiger partial charge in [0.15, 0.2) is 0 Å². The van der Waals surface area contributed by atoms with E-state index >= 15 is 0 Å². The molecule has 120 valence electrons. The number of amides is 1. The molecular weight excluding hydrogens is 330 g/mol. The molecule has 1 saturated heterocycles. The fourth-order valence-corrected chi connectivity index (χ4v) is 4.87. The second kappa shape index (κ2) is 5.93. The highest BCUT2D eigenvalue weighted by atomic mass is 35.5. The molecule has 0 aliphatic carbocycles. The number of benzene rings is 1. The summed E-state index contributed by atoms with van der Waals surface area (Å²) in [7, 11) is 0. The first kappa shape index (κ1) is 15.2. The van der Waals surface area contributed by atoms with Crippen LogP contribution in [0.3, 0.4) is 0 Å². The van der Waals surface area contributed by atoms with Crippen LogP contribution in [0, 0.1) is 0 Å². The monoisotopic (exact) mass is 347 g/mol. The van der Waals surface area contributed by atoms with Crippen molar-refractivity contribution in [2.45, 2.75) is 24.9 Å². The van der Waals surface area contributed by atoms with E-state index in [2.05, 4.69) is 11.4 Å². The van der Waals surface area contributed by atoms with Crippen molar-refractivity contribution in [3.63, 3.8) is 0 Å². The van der Waals surface area contributed by atoms with Crippen LogP contribution in [0.1, 0.15) is 33.6 Å². The van der Waals surface area contributed by atoms with E-state index in [-0.39, 0.29) is 11.5 Å². The molecule has 1 aromatic heterocycles. The van der Waals surface area contributed by atoms with Crippen LogP contribution in [0.5, 0.6) is 0 Å². The maximum Gasteiger partial charge on any atom is 0.253 e. The van der Waals surface area contributed by atoms with E-state index in [4.69, 9.17) is 16.3 Å². The number of carbonyl (C=O) groups is 1. The third-order valence-electron chi connectivity index (χ3n) is 4.86. The van der Waals surface area contributed by atoms with Crippen molar-refractivity contribution in [3.05, 3.63) is 56.7 Å². The molecule has 4 rings (SSSR count). The smallest absolute Gasteiger partial charge is 0.253 e. The first-order valence-corrected chi connectivity index (χ1v) is 9.19. The zero-order valence-corrected chi connectivity index (χ0v) is 14.3. The van der Waals surface area contributed by atoms with Crippen molar-refractivity contribution < 1.29 is 9.53 Å². The van der Waals surface area contributed by atoms with E-state index in [9.17, 15) is 4.79 Å². The number of likely N-dealkylation sites (tertiary alicyclic amines) is 1. The number of thiophene rings is 1. The number of carbonyl (C=O) groups excluding carboxylic acids is 1. The topological polar surface area (TPSA) is 29.5 Å². The Morgan fingerprint density at radius 2 is 1.91 bits per heavy atom. The van der Waals surface area contributed by atoms with Gasteiger partial charge in [-0.25, -0.2) is 0 Å². The molecule has 2 aromatic rings. The highest BCUT2D eigenvalue weighted by molar-refractivity contribution is 7.10. The van der Waals surface area contributed by atoms with Gasteiger partial charge >= 0.3 is 0 Å². The largest absolute Gasteiger partial charge is 0.369 e. The highest BCUT2D eigenvalue weighted by Crippen LogP contribution is 2.44. The van der Waals surface area contributed by atoms with Crippen molar-refractivity contribution >= 4 is 28.8 Å². The highest BCUT2D eigenvalue weighted by Gasteiger charge is 2.42. The predicted molar refractivity (Wildman–Crippen MR) is 92.2 cm³/mol. The van der Waals surface area contributed by atoms with Gasteiger partial charge in [0, 0.05) is 28.6 Å². The molecule has 2 aliphatic heterocycles. The molecule has 0 N–H and O–H groups in total. The van der Waals surface area contributed by atoms with Gasteiger partial charge < -0.3 is 9.64 Å². The summed E-state index contributed by atoms with van der Waals surface area (Å²) in [5.74, 6) is 0.0822. The lowest BCUT2D eigenvalue weighted by Crippen LogP contribution is -2.47. The van der Waals surface area contributed by atoms with Crippen LogP contribution in [0.15, 0.2) is 35.7 Å². The van der Waals surface area contributed by atoms with Gasteiger partial charge in [0.2, 0.25) is 0 Å². The van der Waals surface area contributed by atoms with Crippen LogP contribution in [-0.2, 0) is 16.8 Å². The van der Waals surface area contributed by atoms with Crippen LogP contribution in [0.2, 0.25) is 5.02 Å². The van der Waals surface area contributed by atoms with Crippen molar-refractivity contribution in [2.75, 3.05) is 19.7 Å². The summed E-state index contributed by atoms with van der Waals surface area (Å²) in [4.78, 5) is 15.9. The van der Waals surface area contributed by atoms with E-state index in [1.54, 1.807) is 35.6 Å². The quantitative estimate of drug-likeness (QED) is 0.777. The van der Waals surface area contributed by atoms with Crippen LogP contribution >= 0.6 is 22.9 Å². The van der Waals surface area contributed by atoms with Crippen molar-refractivity contribution in [1.29, 1.82) is 0 Å². The Hall–Kier alpha value is -1.36. The zero-order valence-electron chi connectivity index (χ0n) is 12.8. The summed E-state index contributed by atoms with van der Waals surface area (Å²) in [5.41, 5.74) is 1.96. The number of hydrogen-bond acceptors (Lipinski definition) is 3. The summed E-state index contributed by atoms with van der Waals surface area (Å²) < 4.78 is 6.20. The average Bonchev–Trinajstić information content (AvgIpc) is 3.06. The first-order chi connectivity index (χ1) is 11.2. The fourth-order valence-electron chi connectivity index (χ4n) is 3.57. The Morgan fingerprint density at radius 3 is 2.65 bits per heavy atom. The minimum Gasteiger partial charge on any atom is -0.369 e. The molecule has 2 aliphatic rings. The van der Waals surface area contributed by atoms with E-state index in [1.807, 2.05) is 4.90 Å². The summed E-state index contributed by atoms with van der Waals surface area (Å²) >= 11 is 7.69. The van der Waals surface area contributed by atoms with Gasteiger partial charge in [-0.2, -0.15) is 0 Å². The summed E-state index contributed by atoms with van der Waals surface area (Å²) in [6.45, 7) is 2.26. The van der Waals surface area contributed by atoms with Crippen LogP contribution in [0.4, 0.5) is 0 Å². The van der Waals surface area contributed by atoms with E-state index in [0.717, 1.165) is 39.0 Å². The predicted octanol–water partition coefficient (Wildman–Crippen LogP) is 4.11. The number of nitrogens with zero attached hydrogens (tertiary/aromatic N) is 1. The van der Waals surface area contributed by atoms with Crippen molar-refractivity contribution in [2.24, 2.45) is 0 Å². The Labute approximate surface area is 144 Å². The van der Waals surface area contributed by atoms with Crippen molar-refractivity contribution in [1.82, 2.24) is 4.90 Å². The van der Waals surface area contributed by atoms with Gasteiger partial charge in [-0.3, -0.25) is 4.79 Å². The van der Waals surface area contributed by atoms with Crippen LogP contribution < -0.4 is 0 Å². The van der Waals surface area contributed by atoms with Gasteiger partial charge in [-0.1, -0.05) is 11.6 Å². The summed E-state index contributed by atoms with van der Waals surface area (Å²) in [6.07, 6.45) is 2.76. The maximum absolute atomic E-state index is 12.6. The van der Waals surface area contributed by atoms with E-state index in [0.29, 0.717) is 10.6 Å². The lowest BCUT2D eigenvalue weighted by atomic mass is 9.85. The van der Waals surface area contributed by atoms with E-state index in [1.165, 1.54) is 10.4 Å². The molecule has 0 radical (unpaired) electrons. The molecule has 3 nitrogen and oxygen atoms in total. The van der Waals surface area contributed by atoms with Gasteiger partial charge in [-0.05, 0) is 60.5 Å². The number of ether oxygens (including phenoxy) is 1. The van der Waals surface area contributed by atoms with Gasteiger partial charge in [0.1, 0.15) is 5.60 Å². The lowest BCUT2D eigenvalue weighted by Gasteiger charge is -2.43. The normalized spacial score (nSPS) is 19.6. The molecule has 5 heteroatoms. The molecule has 0 bridgehead atoms. The maximum atomic E-state index is 12.6.